The third-order valence-corrected chi connectivity index (χ3v) is 6.36. The molecule has 1 aliphatic carbocycles. The fourth-order valence-electron chi connectivity index (χ4n) is 2.59. The Balaban J connectivity index is 2.58. The van der Waals surface area contributed by atoms with Crippen LogP contribution in [0.4, 0.5) is 0 Å². The van der Waals surface area contributed by atoms with Gasteiger partial charge in [-0.2, -0.15) is 0 Å². The molecule has 22 heavy (non-hydrogen) atoms. The van der Waals surface area contributed by atoms with Gasteiger partial charge in [0, 0.05) is 40.6 Å². The summed E-state index contributed by atoms with van der Waals surface area (Å²) in [6.45, 7) is 4.92. The highest BCUT2D eigenvalue weighted by Crippen LogP contribution is 2.22. The normalized spacial score (nSPS) is 24.8. The van der Waals surface area contributed by atoms with Crippen molar-refractivity contribution in [2.24, 2.45) is 4.99 Å². The van der Waals surface area contributed by atoms with Gasteiger partial charge in [-0.05, 0) is 26.2 Å². The predicted octanol–water partition coefficient (Wildman–Crippen LogP) is 0.666. The Kier molecular flexibility index (Phi) is 8.38. The average Bonchev–Trinajstić information content (AvgIpc) is 2.45. The fourth-order valence-corrected chi connectivity index (χ4v) is 4.36. The number of rotatable bonds is 7. The smallest absolute Gasteiger partial charge is 0.191 e. The van der Waals surface area contributed by atoms with E-state index in [2.05, 4.69) is 15.6 Å². The molecule has 3 unspecified atom stereocenters. The Morgan fingerprint density at radius 3 is 2.64 bits per heavy atom. The maximum Gasteiger partial charge on any atom is 0.191 e. The highest BCUT2D eigenvalue weighted by Gasteiger charge is 2.25. The molecule has 2 N–H and O–H groups in total. The topological polar surface area (TPSA) is 87.6 Å². The van der Waals surface area contributed by atoms with Crippen LogP contribution in [0, 0.1) is 0 Å². The fraction of sp³-hybridized carbons (Fsp3) is 0.929. The van der Waals surface area contributed by atoms with Crippen LogP contribution in [0.25, 0.3) is 0 Å². The van der Waals surface area contributed by atoms with Crippen molar-refractivity contribution in [2.45, 2.75) is 50.8 Å². The van der Waals surface area contributed by atoms with Gasteiger partial charge in [-0.25, -0.2) is 8.42 Å². The molecule has 0 bridgehead atoms. The van der Waals surface area contributed by atoms with Gasteiger partial charge in [-0.1, -0.05) is 13.3 Å². The van der Waals surface area contributed by atoms with Crippen molar-refractivity contribution in [1.29, 1.82) is 0 Å². The summed E-state index contributed by atoms with van der Waals surface area (Å²) in [6, 6.07) is 0.255. The summed E-state index contributed by atoms with van der Waals surface area (Å²) < 4.78 is 34.3. The molecule has 0 aromatic rings. The quantitative estimate of drug-likeness (QED) is 0.520. The Morgan fingerprint density at radius 2 is 2.05 bits per heavy atom. The molecule has 0 spiro atoms. The van der Waals surface area contributed by atoms with Crippen LogP contribution in [-0.2, 0) is 20.6 Å². The van der Waals surface area contributed by atoms with Gasteiger partial charge in [0.25, 0.3) is 0 Å². The molecule has 1 fully saturated rings. The number of aliphatic imine (C=N–C) groups is 1. The molecule has 3 atom stereocenters. The van der Waals surface area contributed by atoms with Gasteiger partial charge in [0.1, 0.15) is 9.84 Å². The third kappa shape index (κ3) is 7.58. The molecule has 6 nitrogen and oxygen atoms in total. The Hall–Kier alpha value is -0.630. The molecule has 1 rings (SSSR count). The van der Waals surface area contributed by atoms with Crippen molar-refractivity contribution in [3.05, 3.63) is 0 Å². The SMILES string of the molecule is CCNC(=NCCS(C)(=O)=O)NC1CCCC(S(=O)CC)C1. The summed E-state index contributed by atoms with van der Waals surface area (Å²) in [7, 11) is -3.74. The zero-order valence-corrected chi connectivity index (χ0v) is 15.4. The van der Waals surface area contributed by atoms with Gasteiger partial charge in [-0.3, -0.25) is 9.20 Å². The Labute approximate surface area is 136 Å². The van der Waals surface area contributed by atoms with Gasteiger partial charge in [0.05, 0.1) is 12.3 Å². The first-order chi connectivity index (χ1) is 10.4. The van der Waals surface area contributed by atoms with Crippen LogP contribution < -0.4 is 10.6 Å². The highest BCUT2D eigenvalue weighted by atomic mass is 32.2. The van der Waals surface area contributed by atoms with Gasteiger partial charge in [0.2, 0.25) is 0 Å². The van der Waals surface area contributed by atoms with E-state index in [1.165, 1.54) is 6.26 Å². The van der Waals surface area contributed by atoms with Gasteiger partial charge < -0.3 is 10.6 Å². The van der Waals surface area contributed by atoms with Crippen LogP contribution >= 0.6 is 0 Å². The van der Waals surface area contributed by atoms with Crippen molar-refractivity contribution in [2.75, 3.05) is 30.9 Å². The van der Waals surface area contributed by atoms with Crippen molar-refractivity contribution < 1.29 is 12.6 Å². The number of guanidine groups is 1. The molecule has 0 heterocycles. The van der Waals surface area contributed by atoms with E-state index in [9.17, 15) is 12.6 Å². The molecule has 1 saturated carbocycles. The van der Waals surface area contributed by atoms with Crippen LogP contribution in [0.1, 0.15) is 39.5 Å². The van der Waals surface area contributed by atoms with Gasteiger partial charge in [0.15, 0.2) is 5.96 Å². The molecule has 130 valence electrons. The summed E-state index contributed by atoms with van der Waals surface area (Å²) in [5.74, 6) is 1.41. The molecular weight excluding hydrogens is 322 g/mol. The standard InChI is InChI=1S/C14H29N3O3S2/c1-4-15-14(16-9-10-22(3,19)20)17-12-7-6-8-13(11-12)21(18)5-2/h12-13H,4-11H2,1-3H3,(H2,15,16,17). The van der Waals surface area contributed by atoms with Crippen LogP contribution in [0.3, 0.4) is 0 Å². The number of nitrogens with one attached hydrogen (secondary N) is 2. The molecule has 8 heteroatoms. The first kappa shape index (κ1) is 19.4. The van der Waals surface area contributed by atoms with Gasteiger partial charge in [-0.15, -0.1) is 0 Å². The van der Waals surface area contributed by atoms with E-state index in [0.29, 0.717) is 11.7 Å². The van der Waals surface area contributed by atoms with Crippen LogP contribution in [0.5, 0.6) is 0 Å². The highest BCUT2D eigenvalue weighted by molar-refractivity contribution is 7.90. The van der Waals surface area contributed by atoms with E-state index in [0.717, 1.165) is 32.2 Å². The van der Waals surface area contributed by atoms with Crippen molar-refractivity contribution in [1.82, 2.24) is 10.6 Å². The molecular formula is C14H29N3O3S2. The largest absolute Gasteiger partial charge is 0.357 e. The molecule has 1 aliphatic rings. The van der Waals surface area contributed by atoms with E-state index >= 15 is 0 Å². The van der Waals surface area contributed by atoms with Crippen LogP contribution in [0.15, 0.2) is 4.99 Å². The van der Waals surface area contributed by atoms with E-state index < -0.39 is 20.6 Å². The maximum atomic E-state index is 12.0. The predicted molar refractivity (Wildman–Crippen MR) is 93.6 cm³/mol. The molecule has 0 aromatic carbocycles. The lowest BCUT2D eigenvalue weighted by molar-refractivity contribution is 0.413. The molecule has 0 saturated heterocycles. The second-order valence-electron chi connectivity index (χ2n) is 5.69. The minimum absolute atomic E-state index is 0.0523. The summed E-state index contributed by atoms with van der Waals surface area (Å²) in [4.78, 5) is 4.32. The number of sulfone groups is 1. The lowest BCUT2D eigenvalue weighted by Crippen LogP contribution is -2.46. The lowest BCUT2D eigenvalue weighted by atomic mass is 9.95. The van der Waals surface area contributed by atoms with E-state index in [1.54, 1.807) is 0 Å². The zero-order valence-electron chi connectivity index (χ0n) is 13.8. The average molecular weight is 352 g/mol. The van der Waals surface area contributed by atoms with Crippen molar-refractivity contribution in [3.8, 4) is 0 Å². The van der Waals surface area contributed by atoms with E-state index in [-0.39, 0.29) is 23.6 Å². The molecule has 0 radical (unpaired) electrons. The molecule has 0 aromatic heterocycles. The zero-order chi connectivity index (χ0) is 16.6. The maximum absolute atomic E-state index is 12.0. The van der Waals surface area contributed by atoms with Gasteiger partial charge >= 0.3 is 0 Å². The minimum Gasteiger partial charge on any atom is -0.357 e. The van der Waals surface area contributed by atoms with Crippen LogP contribution in [0.2, 0.25) is 0 Å². The summed E-state index contributed by atoms with van der Waals surface area (Å²) in [6.07, 6.45) is 5.23. The second-order valence-corrected chi connectivity index (χ2v) is 9.96. The summed E-state index contributed by atoms with van der Waals surface area (Å²) in [5, 5.41) is 6.76. The summed E-state index contributed by atoms with van der Waals surface area (Å²) >= 11 is 0. The van der Waals surface area contributed by atoms with E-state index in [1.807, 2.05) is 13.8 Å². The summed E-state index contributed by atoms with van der Waals surface area (Å²) in [5.41, 5.74) is 0. The van der Waals surface area contributed by atoms with Crippen molar-refractivity contribution >= 4 is 26.6 Å². The van der Waals surface area contributed by atoms with Crippen molar-refractivity contribution in [3.63, 3.8) is 0 Å². The molecule has 0 amide bonds. The Bertz CT molecular complexity index is 492. The van der Waals surface area contributed by atoms with E-state index in [4.69, 9.17) is 0 Å². The molecule has 0 aliphatic heterocycles. The number of nitrogens with zero attached hydrogens (tertiary/aromatic N) is 1. The number of hydrogen-bond donors (Lipinski definition) is 2. The van der Waals surface area contributed by atoms with Crippen LogP contribution in [-0.4, -0.2) is 60.7 Å². The minimum atomic E-state index is -2.99. The first-order valence-electron chi connectivity index (χ1n) is 7.95. The lowest BCUT2D eigenvalue weighted by Gasteiger charge is -2.30. The third-order valence-electron chi connectivity index (χ3n) is 3.70. The monoisotopic (exact) mass is 351 g/mol. The first-order valence-corrected chi connectivity index (χ1v) is 11.4. The second kappa shape index (κ2) is 9.50. The Morgan fingerprint density at radius 1 is 1.32 bits per heavy atom. The number of hydrogen-bond acceptors (Lipinski definition) is 4.